The molecule has 0 saturated carbocycles. The predicted molar refractivity (Wildman–Crippen MR) is 44.5 cm³/mol. The molecule has 1 radical (unpaired) electrons. The lowest BCUT2D eigenvalue weighted by atomic mass is 10.2. The minimum Gasteiger partial charge on any atom is -0.0842 e. The molecule has 0 nitrogen and oxygen atoms in total. The topological polar surface area (TPSA) is 0 Å². The fraction of sp³-hybridized carbons (Fsp3) is 0.200. The molecular weight excluding hydrogens is 120 g/mol. The zero-order chi connectivity index (χ0) is 7.07. The van der Waals surface area contributed by atoms with E-state index in [1.54, 1.807) is 0 Å². The van der Waals surface area contributed by atoms with Crippen LogP contribution >= 0.6 is 0 Å². The highest BCUT2D eigenvalue weighted by Crippen LogP contribution is 1.94. The van der Waals surface area contributed by atoms with Crippen LogP contribution in [0, 0.1) is 6.08 Å². The largest absolute Gasteiger partial charge is 0.0842 e. The summed E-state index contributed by atoms with van der Waals surface area (Å²) in [6.07, 6.45) is 19.5. The number of rotatable bonds is 0. The van der Waals surface area contributed by atoms with E-state index in [1.807, 2.05) is 30.4 Å². The van der Waals surface area contributed by atoms with Gasteiger partial charge in [-0.3, -0.25) is 0 Å². The lowest BCUT2D eigenvalue weighted by molar-refractivity contribution is 1.03. The van der Waals surface area contributed by atoms with Crippen molar-refractivity contribution in [3.63, 3.8) is 0 Å². The Morgan fingerprint density at radius 3 is 2.70 bits per heavy atom. The Morgan fingerprint density at radius 1 is 0.900 bits per heavy atom. The van der Waals surface area contributed by atoms with Crippen molar-refractivity contribution < 1.29 is 0 Å². The van der Waals surface area contributed by atoms with Crippen LogP contribution in [0.2, 0.25) is 0 Å². The molecule has 0 saturated heterocycles. The standard InChI is InChI=1S/C10H11/c1-2-4-6-8-10-9-7-5-3-1/h1-7H,8,10H2/b2-1-,5-3+,6-4+,9-7?. The van der Waals surface area contributed by atoms with E-state index in [2.05, 4.69) is 18.2 Å². The average molecular weight is 131 g/mol. The molecule has 10 heavy (non-hydrogen) atoms. The molecule has 0 fully saturated rings. The molecule has 1 aliphatic rings. The monoisotopic (exact) mass is 131 g/mol. The van der Waals surface area contributed by atoms with E-state index in [-0.39, 0.29) is 0 Å². The van der Waals surface area contributed by atoms with Gasteiger partial charge in [-0.2, -0.15) is 0 Å². The summed E-state index contributed by atoms with van der Waals surface area (Å²) in [5, 5.41) is 0. The Morgan fingerprint density at radius 2 is 1.70 bits per heavy atom. The summed E-state index contributed by atoms with van der Waals surface area (Å²) in [7, 11) is 0. The Bertz CT molecular complexity index is 158. The van der Waals surface area contributed by atoms with Crippen LogP contribution in [0.3, 0.4) is 0 Å². The van der Waals surface area contributed by atoms with Gasteiger partial charge in [0, 0.05) is 0 Å². The Hall–Kier alpha value is -1.04. The van der Waals surface area contributed by atoms with Crippen molar-refractivity contribution in [3.8, 4) is 0 Å². The van der Waals surface area contributed by atoms with Crippen LogP contribution < -0.4 is 0 Å². The van der Waals surface area contributed by atoms with Crippen molar-refractivity contribution in [1.82, 2.24) is 0 Å². The van der Waals surface area contributed by atoms with Crippen LogP contribution in [-0.4, -0.2) is 0 Å². The smallest absolute Gasteiger partial charge is 0.0241 e. The second kappa shape index (κ2) is 4.80. The second-order valence-electron chi connectivity index (χ2n) is 2.11. The van der Waals surface area contributed by atoms with Crippen LogP contribution in [0.25, 0.3) is 0 Å². The van der Waals surface area contributed by atoms with Gasteiger partial charge in [0.05, 0.1) is 0 Å². The zero-order valence-corrected chi connectivity index (χ0v) is 5.96. The summed E-state index contributed by atoms with van der Waals surface area (Å²) in [4.78, 5) is 0. The molecule has 0 unspecified atom stereocenters. The first-order valence-corrected chi connectivity index (χ1v) is 3.55. The van der Waals surface area contributed by atoms with Gasteiger partial charge >= 0.3 is 0 Å². The molecule has 0 spiro atoms. The van der Waals surface area contributed by atoms with Gasteiger partial charge in [-0.25, -0.2) is 0 Å². The maximum absolute atomic E-state index is 3.16. The third kappa shape index (κ3) is 3.08. The molecule has 0 bridgehead atoms. The van der Waals surface area contributed by atoms with Gasteiger partial charge in [-0.1, -0.05) is 42.5 Å². The maximum Gasteiger partial charge on any atom is -0.0241 e. The molecule has 51 valence electrons. The van der Waals surface area contributed by atoms with Gasteiger partial charge < -0.3 is 0 Å². The van der Waals surface area contributed by atoms with Crippen LogP contribution in [-0.2, 0) is 0 Å². The first kappa shape index (κ1) is 7.07. The van der Waals surface area contributed by atoms with Crippen molar-refractivity contribution >= 4 is 0 Å². The Labute approximate surface area is 62.3 Å². The molecular formula is C10H11. The first-order valence-electron chi connectivity index (χ1n) is 3.55. The van der Waals surface area contributed by atoms with Crippen LogP contribution in [0.1, 0.15) is 12.8 Å². The van der Waals surface area contributed by atoms with Gasteiger partial charge in [0.1, 0.15) is 0 Å². The molecule has 1 aliphatic carbocycles. The summed E-state index contributed by atoms with van der Waals surface area (Å²) >= 11 is 0. The quantitative estimate of drug-likeness (QED) is 0.474. The lowest BCUT2D eigenvalue weighted by Crippen LogP contribution is -1.65. The SMILES string of the molecule is [C]1=C/C=C/C=C\C=C\CC\1. The van der Waals surface area contributed by atoms with E-state index in [1.165, 1.54) is 0 Å². The molecule has 0 aromatic heterocycles. The molecule has 0 heterocycles. The van der Waals surface area contributed by atoms with Gasteiger partial charge in [0.2, 0.25) is 0 Å². The van der Waals surface area contributed by atoms with Gasteiger partial charge in [0.25, 0.3) is 0 Å². The number of allylic oxidation sites excluding steroid dienone is 8. The molecule has 0 aliphatic heterocycles. The van der Waals surface area contributed by atoms with E-state index in [9.17, 15) is 0 Å². The summed E-state index contributed by atoms with van der Waals surface area (Å²) in [6, 6.07) is 0. The Balaban J connectivity index is 2.53. The van der Waals surface area contributed by atoms with E-state index in [4.69, 9.17) is 0 Å². The van der Waals surface area contributed by atoms with E-state index in [0.29, 0.717) is 0 Å². The molecule has 0 amide bonds. The Kier molecular flexibility index (Phi) is 3.40. The normalized spacial score (nSPS) is 30.4. The summed E-state index contributed by atoms with van der Waals surface area (Å²) in [6.45, 7) is 0. The molecule has 1 rings (SSSR count). The van der Waals surface area contributed by atoms with E-state index in [0.717, 1.165) is 12.8 Å². The fourth-order valence-corrected chi connectivity index (χ4v) is 0.741. The molecule has 0 N–H and O–H groups in total. The minimum absolute atomic E-state index is 1.02. The van der Waals surface area contributed by atoms with Gasteiger partial charge in [-0.05, 0) is 18.9 Å². The minimum atomic E-state index is 1.02. The highest BCUT2D eigenvalue weighted by molar-refractivity contribution is 5.15. The van der Waals surface area contributed by atoms with Crippen LogP contribution in [0.4, 0.5) is 0 Å². The van der Waals surface area contributed by atoms with Crippen molar-refractivity contribution in [2.45, 2.75) is 12.8 Å². The summed E-state index contributed by atoms with van der Waals surface area (Å²) in [5.74, 6) is 0. The third-order valence-electron chi connectivity index (χ3n) is 1.25. The van der Waals surface area contributed by atoms with Crippen molar-refractivity contribution in [3.05, 3.63) is 48.6 Å². The van der Waals surface area contributed by atoms with Gasteiger partial charge in [-0.15, -0.1) is 0 Å². The predicted octanol–water partition coefficient (Wildman–Crippen LogP) is 2.81. The average Bonchev–Trinajstić information content (AvgIpc) is 2.01. The molecule has 0 heteroatoms. The van der Waals surface area contributed by atoms with Gasteiger partial charge in [0.15, 0.2) is 0 Å². The third-order valence-corrected chi connectivity index (χ3v) is 1.25. The van der Waals surface area contributed by atoms with E-state index < -0.39 is 0 Å². The number of hydrogen-bond donors (Lipinski definition) is 0. The van der Waals surface area contributed by atoms with Crippen molar-refractivity contribution in [2.24, 2.45) is 0 Å². The molecule has 0 aromatic rings. The highest BCUT2D eigenvalue weighted by atomic mass is 13.8. The lowest BCUT2D eigenvalue weighted by Gasteiger charge is -1.84. The first-order chi connectivity index (χ1) is 5.00. The van der Waals surface area contributed by atoms with Crippen LogP contribution in [0.5, 0.6) is 0 Å². The van der Waals surface area contributed by atoms with Crippen molar-refractivity contribution in [2.75, 3.05) is 0 Å². The second-order valence-corrected chi connectivity index (χ2v) is 2.11. The molecule has 0 aromatic carbocycles. The number of hydrogen-bond acceptors (Lipinski definition) is 0. The van der Waals surface area contributed by atoms with E-state index >= 15 is 0 Å². The fourth-order valence-electron chi connectivity index (χ4n) is 0.741. The highest BCUT2D eigenvalue weighted by Gasteiger charge is 1.75. The van der Waals surface area contributed by atoms with Crippen molar-refractivity contribution in [1.29, 1.82) is 0 Å². The zero-order valence-electron chi connectivity index (χ0n) is 5.96. The van der Waals surface area contributed by atoms with Crippen LogP contribution in [0.15, 0.2) is 42.5 Å². The maximum atomic E-state index is 3.16. The molecule has 0 atom stereocenters. The summed E-state index contributed by atoms with van der Waals surface area (Å²) < 4.78 is 0. The summed E-state index contributed by atoms with van der Waals surface area (Å²) in [5.41, 5.74) is 0.